The molecule has 2 aromatic rings. The Bertz CT molecular complexity index is 544. The molecule has 0 atom stereocenters. The van der Waals surface area contributed by atoms with Crippen LogP contribution >= 0.6 is 0 Å². The van der Waals surface area contributed by atoms with E-state index < -0.39 is 0 Å². The van der Waals surface area contributed by atoms with Crippen molar-refractivity contribution in [1.82, 2.24) is 9.97 Å². The van der Waals surface area contributed by atoms with Crippen LogP contribution in [0.5, 0.6) is 0 Å². The molecule has 3 heteroatoms. The second-order valence-electron chi connectivity index (χ2n) is 6.03. The molecule has 0 bridgehead atoms. The fourth-order valence-corrected chi connectivity index (χ4v) is 2.10. The molecule has 3 nitrogen and oxygen atoms in total. The normalized spacial score (nSPS) is 11.6. The van der Waals surface area contributed by atoms with Gasteiger partial charge in [-0.2, -0.15) is 0 Å². The maximum atomic E-state index is 4.53. The lowest BCUT2D eigenvalue weighted by Crippen LogP contribution is -2.10. The molecule has 19 heavy (non-hydrogen) atoms. The number of aromatic nitrogens is 2. The van der Waals surface area contributed by atoms with Gasteiger partial charge < -0.3 is 10.3 Å². The van der Waals surface area contributed by atoms with Crippen molar-refractivity contribution in [3.05, 3.63) is 46.8 Å². The van der Waals surface area contributed by atoms with Gasteiger partial charge in [-0.25, -0.2) is 4.98 Å². The number of hydrogen-bond donors (Lipinski definition) is 2. The van der Waals surface area contributed by atoms with E-state index >= 15 is 0 Å². The summed E-state index contributed by atoms with van der Waals surface area (Å²) >= 11 is 0. The van der Waals surface area contributed by atoms with Crippen LogP contribution in [-0.2, 0) is 11.8 Å². The van der Waals surface area contributed by atoms with E-state index in [-0.39, 0.29) is 5.41 Å². The zero-order valence-corrected chi connectivity index (χ0v) is 12.5. The first-order valence-corrected chi connectivity index (χ1v) is 6.73. The molecule has 1 heterocycles. The zero-order chi connectivity index (χ0) is 14.0. The van der Waals surface area contributed by atoms with Crippen LogP contribution in [-0.4, -0.2) is 17.0 Å². The first kappa shape index (κ1) is 13.7. The highest BCUT2D eigenvalue weighted by molar-refractivity contribution is 5.34. The van der Waals surface area contributed by atoms with E-state index in [1.807, 2.05) is 7.05 Å². The van der Waals surface area contributed by atoms with Gasteiger partial charge in [0.1, 0.15) is 0 Å². The van der Waals surface area contributed by atoms with Crippen molar-refractivity contribution in [3.8, 4) is 0 Å². The molecule has 0 radical (unpaired) electrons. The third-order valence-corrected chi connectivity index (χ3v) is 3.41. The summed E-state index contributed by atoms with van der Waals surface area (Å²) in [6.07, 6.45) is 0.869. The molecular formula is C16H23N3. The Morgan fingerprint density at radius 2 is 1.79 bits per heavy atom. The monoisotopic (exact) mass is 257 g/mol. The lowest BCUT2D eigenvalue weighted by molar-refractivity contribution is 0.590. The smallest absolute Gasteiger partial charge is 0.200 e. The first-order valence-electron chi connectivity index (χ1n) is 6.73. The highest BCUT2D eigenvalue weighted by atomic mass is 15.1. The van der Waals surface area contributed by atoms with E-state index in [2.05, 4.69) is 67.2 Å². The average Bonchev–Trinajstić information content (AvgIpc) is 2.70. The Morgan fingerprint density at radius 3 is 2.26 bits per heavy atom. The van der Waals surface area contributed by atoms with E-state index in [1.54, 1.807) is 0 Å². The van der Waals surface area contributed by atoms with Crippen LogP contribution in [0.2, 0.25) is 0 Å². The number of rotatable bonds is 3. The van der Waals surface area contributed by atoms with Crippen molar-refractivity contribution < 1.29 is 0 Å². The summed E-state index contributed by atoms with van der Waals surface area (Å²) in [6.45, 7) is 8.77. The van der Waals surface area contributed by atoms with Gasteiger partial charge in [-0.1, -0.05) is 45.0 Å². The van der Waals surface area contributed by atoms with Gasteiger partial charge in [0.25, 0.3) is 0 Å². The van der Waals surface area contributed by atoms with Crippen molar-refractivity contribution in [1.29, 1.82) is 0 Å². The number of aromatic amines is 1. The van der Waals surface area contributed by atoms with E-state index in [4.69, 9.17) is 0 Å². The van der Waals surface area contributed by atoms with Gasteiger partial charge in [0.2, 0.25) is 0 Å². The summed E-state index contributed by atoms with van der Waals surface area (Å²) in [5, 5.41) is 3.04. The molecular weight excluding hydrogens is 234 g/mol. The molecule has 0 unspecified atom stereocenters. The SMILES string of the molecule is CNc1nc(Cc2ccc(C(C)(C)C)cc2)c(C)[nH]1. The maximum absolute atomic E-state index is 4.53. The fourth-order valence-electron chi connectivity index (χ4n) is 2.10. The fraction of sp³-hybridized carbons (Fsp3) is 0.438. The van der Waals surface area contributed by atoms with Gasteiger partial charge >= 0.3 is 0 Å². The van der Waals surface area contributed by atoms with Gasteiger partial charge in [0.05, 0.1) is 5.69 Å². The molecule has 0 fully saturated rings. The zero-order valence-electron chi connectivity index (χ0n) is 12.5. The Balaban J connectivity index is 2.17. The molecule has 0 spiro atoms. The third-order valence-electron chi connectivity index (χ3n) is 3.41. The Labute approximate surface area is 115 Å². The minimum Gasteiger partial charge on any atom is -0.359 e. The summed E-state index contributed by atoms with van der Waals surface area (Å²) in [5.41, 5.74) is 5.10. The van der Waals surface area contributed by atoms with Gasteiger partial charge in [-0.15, -0.1) is 0 Å². The molecule has 0 aliphatic rings. The molecule has 2 N–H and O–H groups in total. The van der Waals surface area contributed by atoms with Crippen LogP contribution in [0.1, 0.15) is 43.3 Å². The molecule has 0 amide bonds. The van der Waals surface area contributed by atoms with Crippen LogP contribution in [0.15, 0.2) is 24.3 Å². The third kappa shape index (κ3) is 3.16. The van der Waals surface area contributed by atoms with Crippen molar-refractivity contribution in [3.63, 3.8) is 0 Å². The van der Waals surface area contributed by atoms with Crippen LogP contribution < -0.4 is 5.32 Å². The molecule has 0 aliphatic heterocycles. The molecule has 0 aliphatic carbocycles. The molecule has 1 aromatic carbocycles. The number of imidazole rings is 1. The first-order chi connectivity index (χ1) is 8.90. The van der Waals surface area contributed by atoms with Gasteiger partial charge in [0, 0.05) is 19.2 Å². The summed E-state index contributed by atoms with van der Waals surface area (Å²) in [5.74, 6) is 0.832. The Morgan fingerprint density at radius 1 is 1.16 bits per heavy atom. The predicted octanol–water partition coefficient (Wildman–Crippen LogP) is 3.65. The summed E-state index contributed by atoms with van der Waals surface area (Å²) in [4.78, 5) is 7.76. The van der Waals surface area contributed by atoms with Crippen molar-refractivity contribution in [2.24, 2.45) is 0 Å². The van der Waals surface area contributed by atoms with Gasteiger partial charge in [-0.05, 0) is 23.5 Å². The standard InChI is InChI=1S/C16H23N3/c1-11-14(19-15(17-5)18-11)10-12-6-8-13(9-7-12)16(2,3)4/h6-9H,10H2,1-5H3,(H2,17,18,19). The summed E-state index contributed by atoms with van der Waals surface area (Å²) < 4.78 is 0. The Hall–Kier alpha value is -1.77. The van der Waals surface area contributed by atoms with E-state index in [0.717, 1.165) is 23.8 Å². The molecule has 102 valence electrons. The largest absolute Gasteiger partial charge is 0.359 e. The maximum Gasteiger partial charge on any atom is 0.200 e. The molecule has 1 aromatic heterocycles. The van der Waals surface area contributed by atoms with Crippen LogP contribution in [0, 0.1) is 6.92 Å². The van der Waals surface area contributed by atoms with Crippen LogP contribution in [0.25, 0.3) is 0 Å². The minimum atomic E-state index is 0.208. The van der Waals surface area contributed by atoms with Crippen molar-refractivity contribution in [2.45, 2.75) is 39.5 Å². The Kier molecular flexibility index (Phi) is 3.65. The minimum absolute atomic E-state index is 0.208. The van der Waals surface area contributed by atoms with Crippen molar-refractivity contribution in [2.75, 3.05) is 12.4 Å². The average molecular weight is 257 g/mol. The summed E-state index contributed by atoms with van der Waals surface area (Å²) in [6, 6.07) is 8.84. The number of aryl methyl sites for hydroxylation is 1. The predicted molar refractivity (Wildman–Crippen MR) is 80.8 cm³/mol. The number of H-pyrrole nitrogens is 1. The van der Waals surface area contributed by atoms with Gasteiger partial charge in [-0.3, -0.25) is 0 Å². The van der Waals surface area contributed by atoms with Crippen LogP contribution in [0.4, 0.5) is 5.95 Å². The number of anilines is 1. The van der Waals surface area contributed by atoms with Crippen molar-refractivity contribution >= 4 is 5.95 Å². The molecule has 0 saturated heterocycles. The second kappa shape index (κ2) is 5.08. The number of nitrogens with zero attached hydrogens (tertiary/aromatic N) is 1. The van der Waals surface area contributed by atoms with Gasteiger partial charge in [0.15, 0.2) is 5.95 Å². The number of nitrogens with one attached hydrogen (secondary N) is 2. The molecule has 2 rings (SSSR count). The topological polar surface area (TPSA) is 40.7 Å². The highest BCUT2D eigenvalue weighted by Crippen LogP contribution is 2.23. The van der Waals surface area contributed by atoms with E-state index in [0.29, 0.717) is 0 Å². The second-order valence-corrected chi connectivity index (χ2v) is 6.03. The molecule has 0 saturated carbocycles. The highest BCUT2D eigenvalue weighted by Gasteiger charge is 2.13. The van der Waals surface area contributed by atoms with E-state index in [1.165, 1.54) is 11.1 Å². The number of hydrogen-bond acceptors (Lipinski definition) is 2. The lowest BCUT2D eigenvalue weighted by Gasteiger charge is -2.19. The quantitative estimate of drug-likeness (QED) is 0.881. The summed E-state index contributed by atoms with van der Waals surface area (Å²) in [7, 11) is 1.88. The number of benzene rings is 1. The van der Waals surface area contributed by atoms with Crippen LogP contribution in [0.3, 0.4) is 0 Å². The van der Waals surface area contributed by atoms with E-state index in [9.17, 15) is 0 Å². The lowest BCUT2D eigenvalue weighted by atomic mass is 9.86.